The van der Waals surface area contributed by atoms with Crippen molar-refractivity contribution in [3.63, 3.8) is 0 Å². The number of alkyl halides is 3. The summed E-state index contributed by atoms with van der Waals surface area (Å²) in [7, 11) is 0. The van der Waals surface area contributed by atoms with E-state index in [0.717, 1.165) is 31.7 Å². The second-order valence-corrected chi connectivity index (χ2v) is 9.78. The number of aromatic nitrogens is 4. The van der Waals surface area contributed by atoms with Gasteiger partial charge < -0.3 is 4.74 Å². The molecule has 1 aliphatic heterocycles. The molecule has 2 fully saturated rings. The highest BCUT2D eigenvalue weighted by molar-refractivity contribution is 5.89. The van der Waals surface area contributed by atoms with Gasteiger partial charge in [0.25, 0.3) is 0 Å². The van der Waals surface area contributed by atoms with E-state index in [1.807, 2.05) is 0 Å². The molecule has 1 atom stereocenters. The number of halogens is 3. The molecule has 0 radical (unpaired) electrons. The third kappa shape index (κ3) is 5.18. The zero-order valence-corrected chi connectivity index (χ0v) is 19.2. The van der Waals surface area contributed by atoms with E-state index in [2.05, 4.69) is 19.9 Å². The first kappa shape index (κ1) is 24.0. The summed E-state index contributed by atoms with van der Waals surface area (Å²) < 4.78 is 43.6. The van der Waals surface area contributed by atoms with Crippen LogP contribution in [0.15, 0.2) is 24.8 Å². The topological polar surface area (TPSA) is 98.2 Å². The van der Waals surface area contributed by atoms with Crippen LogP contribution in [0.25, 0.3) is 11.3 Å². The van der Waals surface area contributed by atoms with Crippen molar-refractivity contribution < 1.29 is 27.5 Å². The number of amides is 1. The first-order valence-electron chi connectivity index (χ1n) is 11.1. The summed E-state index contributed by atoms with van der Waals surface area (Å²) in [5.74, 6) is -1.29. The molecule has 1 saturated carbocycles. The molecule has 4 rings (SSSR count). The van der Waals surface area contributed by atoms with Crippen LogP contribution in [-0.2, 0) is 22.1 Å². The molecule has 1 aliphatic carbocycles. The second-order valence-electron chi connectivity index (χ2n) is 9.78. The van der Waals surface area contributed by atoms with E-state index in [1.165, 1.54) is 6.33 Å². The Kier molecular flexibility index (Phi) is 6.07. The highest BCUT2D eigenvalue weighted by Gasteiger charge is 2.59. The minimum Gasteiger partial charge on any atom is -0.444 e. The SMILES string of the molecule is CC(C)(C)OC(=O)N1[C@H](C(=O)CCc2cc(-c3cnc(C(F)(F)F)nc3)ncn2)CCC12CC2. The molecule has 2 aromatic heterocycles. The lowest BCUT2D eigenvalue weighted by molar-refractivity contribution is -0.145. The lowest BCUT2D eigenvalue weighted by atomic mass is 10.0. The Morgan fingerprint density at radius 3 is 2.35 bits per heavy atom. The van der Waals surface area contributed by atoms with E-state index in [-0.39, 0.29) is 17.7 Å². The van der Waals surface area contributed by atoms with E-state index in [4.69, 9.17) is 4.74 Å². The quantitative estimate of drug-likeness (QED) is 0.630. The van der Waals surface area contributed by atoms with Gasteiger partial charge >= 0.3 is 12.3 Å². The Bertz CT molecular complexity index is 1080. The Balaban J connectivity index is 1.42. The maximum atomic E-state index is 13.1. The van der Waals surface area contributed by atoms with Gasteiger partial charge in [-0.25, -0.2) is 24.7 Å². The van der Waals surface area contributed by atoms with Crippen molar-refractivity contribution in [2.45, 2.75) is 82.7 Å². The predicted octanol–water partition coefficient (Wildman–Crippen LogP) is 4.39. The van der Waals surface area contributed by atoms with Gasteiger partial charge in [-0.3, -0.25) is 9.69 Å². The monoisotopic (exact) mass is 477 g/mol. The fraction of sp³-hybridized carbons (Fsp3) is 0.565. The molecule has 8 nitrogen and oxygen atoms in total. The highest BCUT2D eigenvalue weighted by Crippen LogP contribution is 2.52. The van der Waals surface area contributed by atoms with Gasteiger partial charge in [-0.2, -0.15) is 13.2 Å². The normalized spacial score (nSPS) is 19.4. The summed E-state index contributed by atoms with van der Waals surface area (Å²) in [4.78, 5) is 42.5. The lowest BCUT2D eigenvalue weighted by Gasteiger charge is -2.32. The minimum absolute atomic E-state index is 0.0624. The maximum absolute atomic E-state index is 13.1. The number of rotatable bonds is 5. The van der Waals surface area contributed by atoms with Crippen molar-refractivity contribution >= 4 is 11.9 Å². The number of nitrogens with zero attached hydrogens (tertiary/aromatic N) is 5. The van der Waals surface area contributed by atoms with Gasteiger partial charge in [0, 0.05) is 35.6 Å². The van der Waals surface area contributed by atoms with Crippen LogP contribution < -0.4 is 0 Å². The predicted molar refractivity (Wildman–Crippen MR) is 114 cm³/mol. The third-order valence-corrected chi connectivity index (χ3v) is 6.05. The second kappa shape index (κ2) is 8.59. The number of ether oxygens (including phenoxy) is 1. The molecule has 34 heavy (non-hydrogen) atoms. The molecule has 0 unspecified atom stereocenters. The fourth-order valence-corrected chi connectivity index (χ4v) is 4.27. The van der Waals surface area contributed by atoms with Crippen LogP contribution in [0.3, 0.4) is 0 Å². The van der Waals surface area contributed by atoms with Crippen molar-refractivity contribution in [1.82, 2.24) is 24.8 Å². The van der Waals surface area contributed by atoms with Gasteiger partial charge in [0.05, 0.1) is 11.7 Å². The van der Waals surface area contributed by atoms with Crippen molar-refractivity contribution in [2.75, 3.05) is 0 Å². The van der Waals surface area contributed by atoms with Crippen LogP contribution in [0.1, 0.15) is 64.4 Å². The van der Waals surface area contributed by atoms with Gasteiger partial charge in [-0.05, 0) is 58.9 Å². The highest BCUT2D eigenvalue weighted by atomic mass is 19.4. The number of aryl methyl sites for hydroxylation is 1. The van der Waals surface area contributed by atoms with Crippen LogP contribution >= 0.6 is 0 Å². The van der Waals surface area contributed by atoms with Crippen LogP contribution in [0.4, 0.5) is 18.0 Å². The Morgan fingerprint density at radius 2 is 1.76 bits per heavy atom. The Hall–Kier alpha value is -3.11. The summed E-state index contributed by atoms with van der Waals surface area (Å²) in [6.45, 7) is 5.39. The number of likely N-dealkylation sites (tertiary alicyclic amines) is 1. The number of hydrogen-bond donors (Lipinski definition) is 0. The fourth-order valence-electron chi connectivity index (χ4n) is 4.27. The minimum atomic E-state index is -4.62. The molecule has 182 valence electrons. The number of ketones is 1. The molecule has 1 spiro atoms. The van der Waals surface area contributed by atoms with E-state index >= 15 is 0 Å². The zero-order valence-electron chi connectivity index (χ0n) is 19.2. The van der Waals surface area contributed by atoms with Crippen LogP contribution in [0.2, 0.25) is 0 Å². The van der Waals surface area contributed by atoms with Gasteiger partial charge in [0.1, 0.15) is 11.9 Å². The molecule has 1 amide bonds. The smallest absolute Gasteiger partial charge is 0.444 e. The molecular weight excluding hydrogens is 451 g/mol. The average Bonchev–Trinajstić information content (AvgIpc) is 3.42. The number of carbonyl (C=O) groups excluding carboxylic acids is 2. The van der Waals surface area contributed by atoms with Crippen molar-refractivity contribution in [1.29, 1.82) is 0 Å². The summed E-state index contributed by atoms with van der Waals surface area (Å²) in [5.41, 5.74) is 0.321. The molecular formula is C23H26F3N5O3. The van der Waals surface area contributed by atoms with Crippen LogP contribution in [0, 0.1) is 0 Å². The maximum Gasteiger partial charge on any atom is 0.451 e. The summed E-state index contributed by atoms with van der Waals surface area (Å²) in [6, 6.07) is 1.07. The molecule has 3 heterocycles. The number of hydrogen-bond acceptors (Lipinski definition) is 7. The molecule has 1 saturated heterocycles. The van der Waals surface area contributed by atoms with E-state index in [9.17, 15) is 22.8 Å². The van der Waals surface area contributed by atoms with E-state index in [1.54, 1.807) is 31.7 Å². The van der Waals surface area contributed by atoms with Crippen molar-refractivity contribution in [3.05, 3.63) is 36.3 Å². The van der Waals surface area contributed by atoms with Gasteiger partial charge in [-0.15, -0.1) is 0 Å². The molecule has 2 aliphatic rings. The third-order valence-electron chi connectivity index (χ3n) is 6.05. The summed E-state index contributed by atoms with van der Waals surface area (Å²) in [6.07, 6.45) is 1.94. The Labute approximate surface area is 195 Å². The standard InChI is InChI=1S/C23H26F3N5O3/c1-21(2,3)34-20(33)31-17(6-7-22(31)8-9-22)18(32)5-4-15-10-16(30-13-29-15)14-11-27-19(28-12-14)23(24,25)26/h10-13,17H,4-9H2,1-3H3/t17-/m0/s1. The van der Waals surface area contributed by atoms with E-state index < -0.39 is 29.7 Å². The van der Waals surface area contributed by atoms with Crippen LogP contribution in [0.5, 0.6) is 0 Å². The van der Waals surface area contributed by atoms with Gasteiger partial charge in [-0.1, -0.05) is 0 Å². The molecule has 0 aromatic carbocycles. The Morgan fingerprint density at radius 1 is 1.09 bits per heavy atom. The van der Waals surface area contributed by atoms with Crippen molar-refractivity contribution in [3.8, 4) is 11.3 Å². The summed E-state index contributed by atoms with van der Waals surface area (Å²) in [5, 5.41) is 0. The van der Waals surface area contributed by atoms with Crippen molar-refractivity contribution in [2.24, 2.45) is 0 Å². The molecule has 11 heteroatoms. The lowest BCUT2D eigenvalue weighted by Crippen LogP contribution is -2.48. The molecule has 0 bridgehead atoms. The van der Waals surface area contributed by atoms with E-state index in [0.29, 0.717) is 29.8 Å². The molecule has 2 aromatic rings. The van der Waals surface area contributed by atoms with Crippen LogP contribution in [-0.4, -0.2) is 53.9 Å². The van der Waals surface area contributed by atoms with Gasteiger partial charge in [0.2, 0.25) is 5.82 Å². The number of Topliss-reactive ketones (excluding diaryl/α,β-unsaturated/α-hetero) is 1. The van der Waals surface area contributed by atoms with Gasteiger partial charge in [0.15, 0.2) is 5.78 Å². The molecule has 0 N–H and O–H groups in total. The summed E-state index contributed by atoms with van der Waals surface area (Å²) >= 11 is 0. The zero-order chi connectivity index (χ0) is 24.7. The largest absolute Gasteiger partial charge is 0.451 e. The first-order valence-corrected chi connectivity index (χ1v) is 11.1. The first-order chi connectivity index (χ1) is 15.9. The average molecular weight is 477 g/mol. The number of carbonyl (C=O) groups is 2.